The summed E-state index contributed by atoms with van der Waals surface area (Å²) in [6, 6.07) is 5.18. The lowest BCUT2D eigenvalue weighted by Crippen LogP contribution is -2.32. The zero-order chi connectivity index (χ0) is 13.6. The zero-order valence-electron chi connectivity index (χ0n) is 10.0. The van der Waals surface area contributed by atoms with Gasteiger partial charge < -0.3 is 5.32 Å². The Labute approximate surface area is 118 Å². The Morgan fingerprint density at radius 2 is 1.94 bits per heavy atom. The van der Waals surface area contributed by atoms with Crippen LogP contribution in [0.3, 0.4) is 0 Å². The predicted molar refractivity (Wildman–Crippen MR) is 75.9 cm³/mol. The van der Waals surface area contributed by atoms with E-state index in [9.17, 15) is 8.42 Å². The van der Waals surface area contributed by atoms with Crippen LogP contribution in [-0.4, -0.2) is 34.3 Å². The molecule has 0 unspecified atom stereocenters. The number of benzene rings is 1. The Bertz CT molecular complexity index is 492. The molecule has 0 atom stereocenters. The van der Waals surface area contributed by atoms with Crippen molar-refractivity contribution in [2.24, 2.45) is 0 Å². The van der Waals surface area contributed by atoms with Crippen LogP contribution in [0, 0.1) is 0 Å². The summed E-state index contributed by atoms with van der Waals surface area (Å²) >= 11 is 11.8. The molecule has 2 N–H and O–H groups in total. The third-order valence-electron chi connectivity index (χ3n) is 2.35. The molecule has 0 bridgehead atoms. The Balaban J connectivity index is 2.46. The van der Waals surface area contributed by atoms with Crippen LogP contribution in [0.1, 0.15) is 5.56 Å². The van der Waals surface area contributed by atoms with Gasteiger partial charge >= 0.3 is 0 Å². The van der Waals surface area contributed by atoms with E-state index in [0.29, 0.717) is 29.6 Å². The summed E-state index contributed by atoms with van der Waals surface area (Å²) in [4.78, 5) is 0. The van der Waals surface area contributed by atoms with Gasteiger partial charge in [-0.25, -0.2) is 13.1 Å². The van der Waals surface area contributed by atoms with Gasteiger partial charge in [-0.05, 0) is 31.2 Å². The number of hydrogen-bond acceptors (Lipinski definition) is 3. The first-order chi connectivity index (χ1) is 8.44. The minimum absolute atomic E-state index is 0.0673. The van der Waals surface area contributed by atoms with E-state index >= 15 is 0 Å². The summed E-state index contributed by atoms with van der Waals surface area (Å²) in [5, 5.41) is 3.91. The molecule has 0 aromatic heterocycles. The van der Waals surface area contributed by atoms with Crippen molar-refractivity contribution >= 4 is 33.2 Å². The molecule has 0 aliphatic carbocycles. The van der Waals surface area contributed by atoms with Crippen LogP contribution in [-0.2, 0) is 16.4 Å². The van der Waals surface area contributed by atoms with Crippen molar-refractivity contribution < 1.29 is 8.42 Å². The summed E-state index contributed by atoms with van der Waals surface area (Å²) in [7, 11) is -1.51. The van der Waals surface area contributed by atoms with E-state index in [2.05, 4.69) is 10.0 Å². The van der Waals surface area contributed by atoms with E-state index in [0.717, 1.165) is 5.56 Å². The highest BCUT2D eigenvalue weighted by Crippen LogP contribution is 2.21. The summed E-state index contributed by atoms with van der Waals surface area (Å²) in [6.07, 6.45) is 0.536. The predicted octanol–water partition coefficient (Wildman–Crippen LogP) is 1.67. The van der Waals surface area contributed by atoms with Crippen LogP contribution in [0.4, 0.5) is 0 Å². The molecule has 0 radical (unpaired) electrons. The van der Waals surface area contributed by atoms with Crippen molar-refractivity contribution in [3.8, 4) is 0 Å². The lowest BCUT2D eigenvalue weighted by Gasteiger charge is -2.07. The normalized spacial score (nSPS) is 11.7. The quantitative estimate of drug-likeness (QED) is 0.805. The molecular weight excluding hydrogens is 295 g/mol. The standard InChI is InChI=1S/C11H16Cl2N2O2S/c1-14-6-7-18(16,17)15-5-4-9-2-3-10(12)8-11(9)13/h2-3,8,14-15H,4-7H2,1H3. The van der Waals surface area contributed by atoms with Gasteiger partial charge in [0.05, 0.1) is 5.75 Å². The molecule has 0 saturated heterocycles. The van der Waals surface area contributed by atoms with Gasteiger partial charge in [-0.2, -0.15) is 0 Å². The topological polar surface area (TPSA) is 58.2 Å². The third-order valence-corrected chi connectivity index (χ3v) is 4.32. The third kappa shape index (κ3) is 5.54. The van der Waals surface area contributed by atoms with Gasteiger partial charge in [-0.3, -0.25) is 0 Å². The SMILES string of the molecule is CNCCS(=O)(=O)NCCc1ccc(Cl)cc1Cl. The van der Waals surface area contributed by atoms with Gasteiger partial charge in [0, 0.05) is 23.1 Å². The van der Waals surface area contributed by atoms with Crippen LogP contribution in [0.25, 0.3) is 0 Å². The summed E-state index contributed by atoms with van der Waals surface area (Å²) in [5.41, 5.74) is 0.873. The lowest BCUT2D eigenvalue weighted by atomic mass is 10.1. The molecule has 1 aromatic carbocycles. The minimum Gasteiger partial charge on any atom is -0.319 e. The van der Waals surface area contributed by atoms with Crippen molar-refractivity contribution in [3.63, 3.8) is 0 Å². The van der Waals surface area contributed by atoms with Crippen molar-refractivity contribution in [3.05, 3.63) is 33.8 Å². The molecule has 0 aliphatic rings. The van der Waals surface area contributed by atoms with Crippen LogP contribution in [0.5, 0.6) is 0 Å². The molecule has 0 saturated carbocycles. The number of sulfonamides is 1. The van der Waals surface area contributed by atoms with Crippen molar-refractivity contribution in [1.29, 1.82) is 0 Å². The number of halogens is 2. The fraction of sp³-hybridized carbons (Fsp3) is 0.455. The van der Waals surface area contributed by atoms with Gasteiger partial charge in [-0.15, -0.1) is 0 Å². The number of nitrogens with one attached hydrogen (secondary N) is 2. The fourth-order valence-electron chi connectivity index (χ4n) is 1.37. The first kappa shape index (κ1) is 15.7. The molecule has 4 nitrogen and oxygen atoms in total. The lowest BCUT2D eigenvalue weighted by molar-refractivity contribution is 0.579. The highest BCUT2D eigenvalue weighted by molar-refractivity contribution is 7.89. The van der Waals surface area contributed by atoms with E-state index in [4.69, 9.17) is 23.2 Å². The molecular formula is C11H16Cl2N2O2S. The molecule has 1 aromatic rings. The molecule has 0 amide bonds. The van der Waals surface area contributed by atoms with E-state index in [1.807, 2.05) is 0 Å². The van der Waals surface area contributed by atoms with Crippen LogP contribution < -0.4 is 10.0 Å². The Hall–Kier alpha value is -0.330. The monoisotopic (exact) mass is 310 g/mol. The van der Waals surface area contributed by atoms with Gasteiger partial charge in [0.2, 0.25) is 10.0 Å². The van der Waals surface area contributed by atoms with E-state index < -0.39 is 10.0 Å². The molecule has 18 heavy (non-hydrogen) atoms. The second-order valence-corrected chi connectivity index (χ2v) is 6.57. The molecule has 0 heterocycles. The average molecular weight is 311 g/mol. The maximum atomic E-state index is 11.5. The van der Waals surface area contributed by atoms with Crippen molar-refractivity contribution in [1.82, 2.24) is 10.0 Å². The molecule has 1 rings (SSSR count). The first-order valence-electron chi connectivity index (χ1n) is 5.50. The maximum Gasteiger partial charge on any atom is 0.212 e. The number of hydrogen-bond donors (Lipinski definition) is 2. The summed E-state index contributed by atoms with van der Waals surface area (Å²) < 4.78 is 25.6. The van der Waals surface area contributed by atoms with E-state index in [-0.39, 0.29) is 5.75 Å². The van der Waals surface area contributed by atoms with Crippen LogP contribution in [0.2, 0.25) is 10.0 Å². The van der Waals surface area contributed by atoms with Gasteiger partial charge in [0.15, 0.2) is 0 Å². The van der Waals surface area contributed by atoms with Crippen LogP contribution >= 0.6 is 23.2 Å². The second kappa shape index (κ2) is 7.31. The largest absolute Gasteiger partial charge is 0.319 e. The van der Waals surface area contributed by atoms with Crippen molar-refractivity contribution in [2.75, 3.05) is 25.9 Å². The van der Waals surface area contributed by atoms with E-state index in [1.165, 1.54) is 0 Å². The highest BCUT2D eigenvalue weighted by atomic mass is 35.5. The summed E-state index contributed by atoms with van der Waals surface area (Å²) in [6.45, 7) is 0.754. The van der Waals surface area contributed by atoms with E-state index in [1.54, 1.807) is 25.2 Å². The average Bonchev–Trinajstić information content (AvgIpc) is 2.29. The number of rotatable bonds is 7. The van der Waals surface area contributed by atoms with Crippen molar-refractivity contribution in [2.45, 2.75) is 6.42 Å². The smallest absolute Gasteiger partial charge is 0.212 e. The molecule has 7 heteroatoms. The van der Waals surface area contributed by atoms with Crippen LogP contribution in [0.15, 0.2) is 18.2 Å². The maximum absolute atomic E-state index is 11.5. The molecule has 0 aliphatic heterocycles. The van der Waals surface area contributed by atoms with Gasteiger partial charge in [0.25, 0.3) is 0 Å². The Morgan fingerprint density at radius 1 is 1.22 bits per heavy atom. The first-order valence-corrected chi connectivity index (χ1v) is 7.91. The summed E-state index contributed by atoms with van der Waals surface area (Å²) in [5.74, 6) is 0.0673. The van der Waals surface area contributed by atoms with Gasteiger partial charge in [0.1, 0.15) is 0 Å². The zero-order valence-corrected chi connectivity index (χ0v) is 12.4. The fourth-order valence-corrected chi connectivity index (χ4v) is 2.91. The molecule has 102 valence electrons. The Morgan fingerprint density at radius 3 is 2.56 bits per heavy atom. The highest BCUT2D eigenvalue weighted by Gasteiger charge is 2.09. The molecule has 0 fully saturated rings. The molecule has 0 spiro atoms. The van der Waals surface area contributed by atoms with Gasteiger partial charge in [-0.1, -0.05) is 29.3 Å². The Kier molecular flexibility index (Phi) is 6.38. The second-order valence-electron chi connectivity index (χ2n) is 3.80. The minimum atomic E-state index is -3.22.